The maximum Gasteiger partial charge on any atom is 0.262 e. The number of thiocarbonyl (C=S) groups is 1. The van der Waals surface area contributed by atoms with Gasteiger partial charge in [0.15, 0.2) is 5.78 Å². The van der Waals surface area contributed by atoms with Crippen molar-refractivity contribution in [3.8, 4) is 0 Å². The van der Waals surface area contributed by atoms with Gasteiger partial charge in [-0.2, -0.15) is 0 Å². The molecule has 0 spiro atoms. The number of carbonyl (C=O) groups excluding carboxylic acids is 1. The Morgan fingerprint density at radius 2 is 2.18 bits per heavy atom. The minimum absolute atomic E-state index is 0.0242. The molecule has 22 heavy (non-hydrogen) atoms. The first-order valence-corrected chi connectivity index (χ1v) is 7.48. The minimum atomic E-state index is 0.0242. The molecule has 0 aliphatic heterocycles. The van der Waals surface area contributed by atoms with Crippen LogP contribution < -0.4 is 5.32 Å². The third-order valence-corrected chi connectivity index (χ3v) is 3.30. The van der Waals surface area contributed by atoms with Crippen LogP contribution in [0.25, 0.3) is 0 Å². The molecule has 0 radical (unpaired) electrons. The Balaban J connectivity index is 1.77. The van der Waals surface area contributed by atoms with E-state index in [-0.39, 0.29) is 24.0 Å². The fourth-order valence-electron chi connectivity index (χ4n) is 1.79. The Labute approximate surface area is 139 Å². The molecule has 0 aliphatic rings. The number of ketones is 1. The van der Waals surface area contributed by atoms with E-state index in [2.05, 4.69) is 10.3 Å². The lowest BCUT2D eigenvalue weighted by molar-refractivity contribution is 0.0960. The van der Waals surface area contributed by atoms with Gasteiger partial charge in [0.1, 0.15) is 5.82 Å². The fraction of sp³-hybridized carbons (Fsp3) is 0.188. The molecule has 2 rings (SSSR count). The zero-order valence-corrected chi connectivity index (χ0v) is 13.6. The molecule has 0 saturated heterocycles. The zero-order chi connectivity index (χ0) is 15.9. The van der Waals surface area contributed by atoms with Crippen molar-refractivity contribution in [3.05, 3.63) is 58.7 Å². The topological polar surface area (TPSA) is 51.2 Å². The monoisotopic (exact) mass is 334 g/mol. The van der Waals surface area contributed by atoms with Crippen LogP contribution in [0, 0.1) is 6.92 Å². The van der Waals surface area contributed by atoms with Crippen LogP contribution in [0.15, 0.2) is 42.6 Å². The lowest BCUT2D eigenvalue weighted by Gasteiger charge is -2.09. The number of nitrogens with one attached hydrogen (secondary N) is 1. The Morgan fingerprint density at radius 1 is 1.36 bits per heavy atom. The number of anilines is 1. The Kier molecular flexibility index (Phi) is 5.86. The molecule has 0 fully saturated rings. The van der Waals surface area contributed by atoms with Crippen LogP contribution in [0.5, 0.6) is 0 Å². The van der Waals surface area contributed by atoms with Gasteiger partial charge < -0.3 is 10.1 Å². The molecular formula is C16H15ClN2O2S. The van der Waals surface area contributed by atoms with E-state index in [9.17, 15) is 4.79 Å². The highest BCUT2D eigenvalue weighted by atomic mass is 35.5. The van der Waals surface area contributed by atoms with Gasteiger partial charge in [0, 0.05) is 18.2 Å². The second kappa shape index (κ2) is 7.87. The van der Waals surface area contributed by atoms with Gasteiger partial charge in [-0.15, -0.1) is 0 Å². The summed E-state index contributed by atoms with van der Waals surface area (Å²) >= 11 is 10.8. The summed E-state index contributed by atoms with van der Waals surface area (Å²) in [7, 11) is 0. The number of pyridine rings is 1. The highest BCUT2D eigenvalue weighted by molar-refractivity contribution is 7.80. The molecule has 0 saturated carbocycles. The van der Waals surface area contributed by atoms with Gasteiger partial charge in [-0.05, 0) is 37.3 Å². The molecule has 114 valence electrons. The van der Waals surface area contributed by atoms with Crippen molar-refractivity contribution in [2.45, 2.75) is 13.3 Å². The van der Waals surface area contributed by atoms with Gasteiger partial charge in [-0.1, -0.05) is 35.4 Å². The number of halogens is 1. The summed E-state index contributed by atoms with van der Waals surface area (Å²) in [5.41, 5.74) is 1.74. The maximum absolute atomic E-state index is 12.0. The molecule has 0 bridgehead atoms. The van der Waals surface area contributed by atoms with E-state index in [1.807, 2.05) is 25.1 Å². The van der Waals surface area contributed by atoms with Gasteiger partial charge >= 0.3 is 0 Å². The number of Topliss-reactive ketones (excluding diaryl/α,β-unsaturated/α-hetero) is 1. The molecule has 6 heteroatoms. The van der Waals surface area contributed by atoms with Gasteiger partial charge in [0.2, 0.25) is 0 Å². The maximum atomic E-state index is 12.0. The first-order valence-electron chi connectivity index (χ1n) is 6.70. The number of ether oxygens (including phenoxy) is 1. The summed E-state index contributed by atoms with van der Waals surface area (Å²) in [6.07, 6.45) is 1.77. The molecule has 0 atom stereocenters. The standard InChI is InChI=1S/C16H15ClN2O2S/c1-11-3-2-4-12(9-11)14(20)7-8-21-16(22)19-15-6-5-13(17)10-18-15/h2-6,9-10H,7-8H2,1H3,(H,18,19,22). The molecule has 1 heterocycles. The number of rotatable bonds is 5. The van der Waals surface area contributed by atoms with Crippen LogP contribution in [-0.4, -0.2) is 22.5 Å². The smallest absolute Gasteiger partial charge is 0.262 e. The quantitative estimate of drug-likeness (QED) is 0.661. The first kappa shape index (κ1) is 16.4. The summed E-state index contributed by atoms with van der Waals surface area (Å²) in [5.74, 6) is 0.565. The Morgan fingerprint density at radius 3 is 2.86 bits per heavy atom. The average molecular weight is 335 g/mol. The Hall–Kier alpha value is -1.98. The van der Waals surface area contributed by atoms with Gasteiger partial charge in [0.05, 0.1) is 11.6 Å². The van der Waals surface area contributed by atoms with E-state index in [1.54, 1.807) is 18.2 Å². The van der Waals surface area contributed by atoms with E-state index < -0.39 is 0 Å². The van der Waals surface area contributed by atoms with Crippen LogP contribution in [0.2, 0.25) is 5.02 Å². The van der Waals surface area contributed by atoms with Crippen molar-refractivity contribution < 1.29 is 9.53 Å². The summed E-state index contributed by atoms with van der Waals surface area (Å²) < 4.78 is 5.33. The van der Waals surface area contributed by atoms with Crippen molar-refractivity contribution in [2.24, 2.45) is 0 Å². The number of carbonyl (C=O) groups is 1. The predicted octanol–water partition coefficient (Wildman–Crippen LogP) is 4.03. The fourth-order valence-corrected chi connectivity index (χ4v) is 2.09. The third kappa shape index (κ3) is 5.09. The molecule has 1 N–H and O–H groups in total. The van der Waals surface area contributed by atoms with Crippen molar-refractivity contribution in [1.82, 2.24) is 4.98 Å². The SMILES string of the molecule is Cc1cccc(C(=O)CCOC(=S)Nc2ccc(Cl)cn2)c1. The van der Waals surface area contributed by atoms with Crippen molar-refractivity contribution in [1.29, 1.82) is 0 Å². The molecule has 1 aromatic carbocycles. The summed E-state index contributed by atoms with van der Waals surface area (Å²) in [6, 6.07) is 10.9. The number of aromatic nitrogens is 1. The molecule has 2 aromatic rings. The molecule has 1 aromatic heterocycles. The largest absolute Gasteiger partial charge is 0.470 e. The third-order valence-electron chi connectivity index (χ3n) is 2.86. The highest BCUT2D eigenvalue weighted by Gasteiger charge is 2.07. The zero-order valence-electron chi connectivity index (χ0n) is 12.0. The average Bonchev–Trinajstić information content (AvgIpc) is 2.49. The number of hydrogen-bond donors (Lipinski definition) is 1. The summed E-state index contributed by atoms with van der Waals surface area (Å²) in [6.45, 7) is 2.16. The molecule has 0 aliphatic carbocycles. The number of benzene rings is 1. The van der Waals surface area contributed by atoms with E-state index in [0.717, 1.165) is 5.56 Å². The predicted molar refractivity (Wildman–Crippen MR) is 91.5 cm³/mol. The van der Waals surface area contributed by atoms with Crippen LogP contribution in [0.1, 0.15) is 22.3 Å². The van der Waals surface area contributed by atoms with Crippen molar-refractivity contribution in [3.63, 3.8) is 0 Å². The second-order valence-electron chi connectivity index (χ2n) is 4.67. The summed E-state index contributed by atoms with van der Waals surface area (Å²) in [5, 5.41) is 3.54. The second-order valence-corrected chi connectivity index (χ2v) is 5.47. The van der Waals surface area contributed by atoms with Gasteiger partial charge in [-0.25, -0.2) is 4.98 Å². The molecule has 0 unspecified atom stereocenters. The van der Waals surface area contributed by atoms with E-state index >= 15 is 0 Å². The van der Waals surface area contributed by atoms with E-state index in [1.165, 1.54) is 6.20 Å². The molecular weight excluding hydrogens is 320 g/mol. The highest BCUT2D eigenvalue weighted by Crippen LogP contribution is 2.10. The number of hydrogen-bond acceptors (Lipinski definition) is 4. The van der Waals surface area contributed by atoms with Gasteiger partial charge in [0.25, 0.3) is 5.17 Å². The Bertz CT molecular complexity index is 674. The normalized spacial score (nSPS) is 10.1. The lowest BCUT2D eigenvalue weighted by Crippen LogP contribution is -2.16. The van der Waals surface area contributed by atoms with Crippen LogP contribution in [0.4, 0.5) is 5.82 Å². The van der Waals surface area contributed by atoms with Crippen molar-refractivity contribution >= 4 is 40.6 Å². The first-order chi connectivity index (χ1) is 10.5. The number of nitrogens with zero attached hydrogens (tertiary/aromatic N) is 1. The lowest BCUT2D eigenvalue weighted by atomic mass is 10.1. The van der Waals surface area contributed by atoms with E-state index in [0.29, 0.717) is 16.4 Å². The van der Waals surface area contributed by atoms with Crippen LogP contribution >= 0.6 is 23.8 Å². The summed E-state index contributed by atoms with van der Waals surface area (Å²) in [4.78, 5) is 16.0. The molecule has 4 nitrogen and oxygen atoms in total. The van der Waals surface area contributed by atoms with Gasteiger partial charge in [-0.3, -0.25) is 4.79 Å². The molecule has 0 amide bonds. The van der Waals surface area contributed by atoms with Crippen molar-refractivity contribution in [2.75, 3.05) is 11.9 Å². The number of aryl methyl sites for hydroxylation is 1. The van der Waals surface area contributed by atoms with Crippen LogP contribution in [-0.2, 0) is 4.74 Å². The van der Waals surface area contributed by atoms with E-state index in [4.69, 9.17) is 28.6 Å². The minimum Gasteiger partial charge on any atom is -0.470 e. The van der Waals surface area contributed by atoms with Crippen LogP contribution in [0.3, 0.4) is 0 Å².